The lowest BCUT2D eigenvalue weighted by atomic mass is 10.1. The third kappa shape index (κ3) is 3.96. The maximum atomic E-state index is 13.5. The minimum atomic E-state index is -0.488. The number of halogens is 2. The predicted octanol–water partition coefficient (Wildman–Crippen LogP) is 3.35. The zero-order valence-corrected chi connectivity index (χ0v) is 11.4. The molecule has 0 heterocycles. The highest BCUT2D eigenvalue weighted by molar-refractivity contribution is 6.30. The molecule has 2 N–H and O–H groups in total. The van der Waals surface area contributed by atoms with Crippen molar-refractivity contribution in [2.75, 3.05) is 5.73 Å². The number of hydrogen-bond acceptors (Lipinski definition) is 3. The summed E-state index contributed by atoms with van der Waals surface area (Å²) in [5.74, 6) is -0.915. The van der Waals surface area contributed by atoms with Crippen LogP contribution in [0, 0.1) is 5.82 Å². The summed E-state index contributed by atoms with van der Waals surface area (Å²) in [4.78, 5) is 11.6. The number of carbonyl (C=O) groups is 1. The van der Waals surface area contributed by atoms with Crippen LogP contribution in [0.5, 0.6) is 0 Å². The number of nitrogen functional groups attached to an aromatic ring is 1. The fraction of sp³-hybridized carbons (Fsp3) is 0.133. The van der Waals surface area contributed by atoms with Crippen molar-refractivity contribution < 1.29 is 13.9 Å². The van der Waals surface area contributed by atoms with Crippen molar-refractivity contribution >= 4 is 23.3 Å². The highest BCUT2D eigenvalue weighted by Crippen LogP contribution is 2.15. The van der Waals surface area contributed by atoms with Crippen LogP contribution in [0.2, 0.25) is 5.02 Å². The molecular weight excluding hydrogens is 281 g/mol. The van der Waals surface area contributed by atoms with Crippen LogP contribution in [0.3, 0.4) is 0 Å². The molecule has 0 saturated carbocycles. The first-order valence-corrected chi connectivity index (χ1v) is 6.36. The van der Waals surface area contributed by atoms with E-state index in [9.17, 15) is 9.18 Å². The second kappa shape index (κ2) is 6.39. The van der Waals surface area contributed by atoms with E-state index in [0.717, 1.165) is 5.56 Å². The molecule has 0 bridgehead atoms. The molecular formula is C15H13ClFNO2. The Bertz CT molecular complexity index is 614. The van der Waals surface area contributed by atoms with Crippen molar-refractivity contribution in [2.45, 2.75) is 13.0 Å². The van der Waals surface area contributed by atoms with Gasteiger partial charge in [-0.2, -0.15) is 0 Å². The van der Waals surface area contributed by atoms with E-state index in [2.05, 4.69) is 0 Å². The van der Waals surface area contributed by atoms with Gasteiger partial charge in [0.1, 0.15) is 12.4 Å². The molecule has 0 radical (unpaired) electrons. The fourth-order valence-corrected chi connectivity index (χ4v) is 1.81. The van der Waals surface area contributed by atoms with E-state index in [1.807, 2.05) is 0 Å². The number of nitrogens with two attached hydrogens (primary N) is 1. The van der Waals surface area contributed by atoms with Gasteiger partial charge in [-0.15, -0.1) is 0 Å². The minimum Gasteiger partial charge on any atom is -0.460 e. The Hall–Kier alpha value is -2.07. The fourth-order valence-electron chi connectivity index (χ4n) is 1.65. The van der Waals surface area contributed by atoms with Gasteiger partial charge in [0.15, 0.2) is 0 Å². The molecule has 2 aromatic rings. The van der Waals surface area contributed by atoms with Crippen molar-refractivity contribution in [1.82, 2.24) is 0 Å². The Morgan fingerprint density at radius 3 is 2.55 bits per heavy atom. The SMILES string of the molecule is Nc1ccc(CC(=O)OCc2ccc(Cl)cc2F)cc1. The molecule has 0 unspecified atom stereocenters. The summed E-state index contributed by atoms with van der Waals surface area (Å²) in [5, 5.41) is 0.305. The topological polar surface area (TPSA) is 52.3 Å². The van der Waals surface area contributed by atoms with E-state index in [1.54, 1.807) is 30.3 Å². The van der Waals surface area contributed by atoms with E-state index in [4.69, 9.17) is 22.1 Å². The van der Waals surface area contributed by atoms with Crippen LogP contribution in [-0.4, -0.2) is 5.97 Å². The monoisotopic (exact) mass is 293 g/mol. The lowest BCUT2D eigenvalue weighted by molar-refractivity contribution is -0.144. The molecule has 20 heavy (non-hydrogen) atoms. The third-order valence-electron chi connectivity index (χ3n) is 2.73. The van der Waals surface area contributed by atoms with Crippen LogP contribution in [0.25, 0.3) is 0 Å². The molecule has 0 aliphatic rings. The molecule has 0 aliphatic carbocycles. The Morgan fingerprint density at radius 1 is 1.20 bits per heavy atom. The normalized spacial score (nSPS) is 10.3. The quantitative estimate of drug-likeness (QED) is 0.695. The molecule has 0 saturated heterocycles. The molecule has 104 valence electrons. The molecule has 5 heteroatoms. The van der Waals surface area contributed by atoms with Crippen LogP contribution in [0.4, 0.5) is 10.1 Å². The van der Waals surface area contributed by atoms with Crippen LogP contribution in [0.15, 0.2) is 42.5 Å². The number of carbonyl (C=O) groups excluding carboxylic acids is 1. The summed E-state index contributed by atoms with van der Waals surface area (Å²) in [7, 11) is 0. The minimum absolute atomic E-state index is 0.114. The number of hydrogen-bond donors (Lipinski definition) is 1. The van der Waals surface area contributed by atoms with Gasteiger partial charge in [0.2, 0.25) is 0 Å². The number of ether oxygens (including phenoxy) is 1. The predicted molar refractivity (Wildman–Crippen MR) is 75.8 cm³/mol. The second-order valence-electron chi connectivity index (χ2n) is 4.31. The van der Waals surface area contributed by atoms with E-state index >= 15 is 0 Å². The van der Waals surface area contributed by atoms with Crippen molar-refractivity contribution in [3.63, 3.8) is 0 Å². The smallest absolute Gasteiger partial charge is 0.310 e. The third-order valence-corrected chi connectivity index (χ3v) is 2.97. The first kappa shape index (κ1) is 14.3. The Morgan fingerprint density at radius 2 is 1.90 bits per heavy atom. The van der Waals surface area contributed by atoms with Crippen LogP contribution < -0.4 is 5.73 Å². The maximum Gasteiger partial charge on any atom is 0.310 e. The highest BCUT2D eigenvalue weighted by Gasteiger charge is 2.08. The number of rotatable bonds is 4. The van der Waals surface area contributed by atoms with E-state index in [-0.39, 0.29) is 13.0 Å². The molecule has 0 aliphatic heterocycles. The second-order valence-corrected chi connectivity index (χ2v) is 4.75. The van der Waals surface area contributed by atoms with Gasteiger partial charge in [0.25, 0.3) is 0 Å². The summed E-state index contributed by atoms with van der Waals surface area (Å²) in [6.07, 6.45) is 0.121. The summed E-state index contributed by atoms with van der Waals surface area (Å²) in [6.45, 7) is -0.114. The standard InChI is InChI=1S/C15H13ClFNO2/c16-12-4-3-11(14(17)8-12)9-20-15(19)7-10-1-5-13(18)6-2-10/h1-6,8H,7,9,18H2. The van der Waals surface area contributed by atoms with Crippen LogP contribution >= 0.6 is 11.6 Å². The van der Waals surface area contributed by atoms with E-state index in [1.165, 1.54) is 12.1 Å². The van der Waals surface area contributed by atoms with Gasteiger partial charge in [-0.25, -0.2) is 4.39 Å². The summed E-state index contributed by atoms with van der Waals surface area (Å²) in [5.41, 5.74) is 7.27. The number of anilines is 1. The maximum absolute atomic E-state index is 13.5. The molecule has 0 aromatic heterocycles. The molecule has 0 fully saturated rings. The van der Waals surface area contributed by atoms with Gasteiger partial charge in [0, 0.05) is 16.3 Å². The molecule has 0 spiro atoms. The van der Waals surface area contributed by atoms with Gasteiger partial charge in [-0.3, -0.25) is 4.79 Å². The summed E-state index contributed by atoms with van der Waals surface area (Å²) >= 11 is 5.64. The van der Waals surface area contributed by atoms with E-state index in [0.29, 0.717) is 16.3 Å². The number of benzene rings is 2. The van der Waals surface area contributed by atoms with Crippen LogP contribution in [0.1, 0.15) is 11.1 Å². The van der Waals surface area contributed by atoms with E-state index < -0.39 is 11.8 Å². The Labute approximate surface area is 121 Å². The average Bonchev–Trinajstić information content (AvgIpc) is 2.40. The zero-order valence-electron chi connectivity index (χ0n) is 10.6. The van der Waals surface area contributed by atoms with Gasteiger partial charge < -0.3 is 10.5 Å². The molecule has 0 atom stereocenters. The van der Waals surface area contributed by atoms with Crippen molar-refractivity contribution in [3.05, 3.63) is 64.4 Å². The highest BCUT2D eigenvalue weighted by atomic mass is 35.5. The van der Waals surface area contributed by atoms with Crippen molar-refractivity contribution in [2.24, 2.45) is 0 Å². The molecule has 2 rings (SSSR count). The van der Waals surface area contributed by atoms with Crippen molar-refractivity contribution in [3.8, 4) is 0 Å². The largest absolute Gasteiger partial charge is 0.460 e. The molecule has 0 amide bonds. The lowest BCUT2D eigenvalue weighted by Gasteiger charge is -2.06. The van der Waals surface area contributed by atoms with Gasteiger partial charge >= 0.3 is 5.97 Å². The average molecular weight is 294 g/mol. The van der Waals surface area contributed by atoms with Crippen LogP contribution in [-0.2, 0) is 22.6 Å². The Kier molecular flexibility index (Phi) is 4.58. The Balaban J connectivity index is 1.90. The molecule has 2 aromatic carbocycles. The summed E-state index contributed by atoms with van der Waals surface area (Å²) in [6, 6.07) is 11.1. The number of esters is 1. The lowest BCUT2D eigenvalue weighted by Crippen LogP contribution is -2.08. The first-order valence-electron chi connectivity index (χ1n) is 5.98. The van der Waals surface area contributed by atoms with Gasteiger partial charge in [-0.1, -0.05) is 29.8 Å². The van der Waals surface area contributed by atoms with Gasteiger partial charge in [0.05, 0.1) is 6.42 Å². The summed E-state index contributed by atoms with van der Waals surface area (Å²) < 4.78 is 18.5. The van der Waals surface area contributed by atoms with Gasteiger partial charge in [-0.05, 0) is 29.8 Å². The van der Waals surface area contributed by atoms with Crippen molar-refractivity contribution in [1.29, 1.82) is 0 Å². The molecule has 3 nitrogen and oxygen atoms in total. The first-order chi connectivity index (χ1) is 9.54. The zero-order chi connectivity index (χ0) is 14.5.